The fourth-order valence-electron chi connectivity index (χ4n) is 2.74. The zero-order valence-corrected chi connectivity index (χ0v) is 18.2. The van der Waals surface area contributed by atoms with Crippen molar-refractivity contribution in [2.75, 3.05) is 19.0 Å². The molecule has 0 spiro atoms. The topological polar surface area (TPSA) is 171 Å². The van der Waals surface area contributed by atoms with Gasteiger partial charge in [-0.05, 0) is 18.9 Å². The molecule has 2 rings (SSSR count). The van der Waals surface area contributed by atoms with Gasteiger partial charge in [-0.15, -0.1) is 11.3 Å². The molecule has 32 heavy (non-hydrogen) atoms. The summed E-state index contributed by atoms with van der Waals surface area (Å²) in [6.07, 6.45) is 1.63. The maximum absolute atomic E-state index is 12.7. The van der Waals surface area contributed by atoms with E-state index in [1.165, 1.54) is 6.92 Å². The maximum Gasteiger partial charge on any atom is 0.341 e. The van der Waals surface area contributed by atoms with E-state index in [0.29, 0.717) is 6.54 Å². The van der Waals surface area contributed by atoms with Crippen LogP contribution in [0.4, 0.5) is 16.4 Å². The number of nitrogens with zero attached hydrogens (tertiary/aromatic N) is 2. The average molecular weight is 464 g/mol. The van der Waals surface area contributed by atoms with Crippen molar-refractivity contribution in [1.82, 2.24) is 5.32 Å². The van der Waals surface area contributed by atoms with E-state index in [0.717, 1.165) is 49.5 Å². The van der Waals surface area contributed by atoms with Crippen molar-refractivity contribution in [2.24, 2.45) is 0 Å². The van der Waals surface area contributed by atoms with Gasteiger partial charge in [0.1, 0.15) is 5.00 Å². The van der Waals surface area contributed by atoms with E-state index in [1.54, 1.807) is 0 Å². The molecule has 0 aliphatic carbocycles. The summed E-state index contributed by atoms with van der Waals surface area (Å²) < 4.78 is 4.74. The molecule has 1 heterocycles. The molecule has 0 unspecified atom stereocenters. The van der Waals surface area contributed by atoms with Crippen LogP contribution in [0, 0.1) is 27.2 Å². The number of hydrogen-bond acceptors (Lipinski definition) is 9. The van der Waals surface area contributed by atoms with Crippen LogP contribution < -0.4 is 10.6 Å². The van der Waals surface area contributed by atoms with Crippen LogP contribution in [0.2, 0.25) is 0 Å². The number of thiophene rings is 1. The first kappa shape index (κ1) is 24.4. The van der Waals surface area contributed by atoms with E-state index < -0.39 is 39.0 Å². The Hall–Kier alpha value is -3.87. The van der Waals surface area contributed by atoms with Gasteiger partial charge in [0.15, 0.2) is 0 Å². The van der Waals surface area contributed by atoms with Crippen molar-refractivity contribution in [3.63, 3.8) is 0 Å². The number of carbonyl (C=O) groups excluding carboxylic acids is 3. The van der Waals surface area contributed by atoms with Crippen LogP contribution in [0.5, 0.6) is 0 Å². The zero-order valence-electron chi connectivity index (χ0n) is 17.4. The molecule has 0 aliphatic heterocycles. The van der Waals surface area contributed by atoms with Gasteiger partial charge in [-0.1, -0.05) is 13.3 Å². The smallest absolute Gasteiger partial charge is 0.341 e. The standard InChI is InChI=1S/C19H20N4O8S/c1-4-5-6-20-17(25)15-10(2)14(19(26)31-3)18(32-15)21-16(24)11-7-12(22(27)28)9-13(8-11)23(29)30/h7-9H,4-6H2,1-3H3,(H,20,25)(H,21,24). The van der Waals surface area contributed by atoms with Crippen LogP contribution in [0.15, 0.2) is 18.2 Å². The Balaban J connectivity index is 2.45. The number of rotatable bonds is 9. The monoisotopic (exact) mass is 464 g/mol. The molecule has 2 amide bonds. The minimum atomic E-state index is -0.929. The largest absolute Gasteiger partial charge is 0.465 e. The summed E-state index contributed by atoms with van der Waals surface area (Å²) in [6, 6.07) is 2.47. The quantitative estimate of drug-likeness (QED) is 0.246. The lowest BCUT2D eigenvalue weighted by Gasteiger charge is -2.06. The predicted octanol–water partition coefficient (Wildman–Crippen LogP) is 3.44. The first-order chi connectivity index (χ1) is 15.1. The molecule has 1 aromatic heterocycles. The molecule has 0 atom stereocenters. The SMILES string of the molecule is CCCCNC(=O)c1sc(NC(=O)c2cc([N+](=O)[O-])cc([N+](=O)[O-])c2)c(C(=O)OC)c1C. The molecule has 0 bridgehead atoms. The number of esters is 1. The molecule has 13 heteroatoms. The maximum atomic E-state index is 12.7. The van der Waals surface area contributed by atoms with Gasteiger partial charge in [0.2, 0.25) is 0 Å². The second-order valence-electron chi connectivity index (χ2n) is 6.57. The van der Waals surface area contributed by atoms with E-state index in [-0.39, 0.29) is 26.6 Å². The summed E-state index contributed by atoms with van der Waals surface area (Å²) in [5, 5.41) is 27.3. The Bertz CT molecular complexity index is 1060. The highest BCUT2D eigenvalue weighted by molar-refractivity contribution is 7.18. The number of nitro benzene ring substituents is 2. The highest BCUT2D eigenvalue weighted by atomic mass is 32.1. The lowest BCUT2D eigenvalue weighted by Crippen LogP contribution is -2.24. The Morgan fingerprint density at radius 2 is 1.66 bits per heavy atom. The second-order valence-corrected chi connectivity index (χ2v) is 7.59. The van der Waals surface area contributed by atoms with Crippen LogP contribution in [0.25, 0.3) is 0 Å². The molecule has 0 fully saturated rings. The summed E-state index contributed by atoms with van der Waals surface area (Å²) in [7, 11) is 1.13. The molecule has 2 aromatic rings. The van der Waals surface area contributed by atoms with Gasteiger partial charge >= 0.3 is 5.97 Å². The van der Waals surface area contributed by atoms with Gasteiger partial charge in [0.25, 0.3) is 23.2 Å². The number of anilines is 1. The number of carbonyl (C=O) groups is 3. The van der Waals surface area contributed by atoms with E-state index in [1.807, 2.05) is 6.92 Å². The molecule has 0 aliphatic rings. The number of nitro groups is 2. The van der Waals surface area contributed by atoms with Gasteiger partial charge in [-0.3, -0.25) is 29.8 Å². The van der Waals surface area contributed by atoms with Gasteiger partial charge < -0.3 is 15.4 Å². The van der Waals surface area contributed by atoms with Crippen LogP contribution in [-0.2, 0) is 4.74 Å². The van der Waals surface area contributed by atoms with Crippen molar-refractivity contribution in [1.29, 1.82) is 0 Å². The Kier molecular flexibility index (Phi) is 7.96. The van der Waals surface area contributed by atoms with E-state index >= 15 is 0 Å². The zero-order chi connectivity index (χ0) is 24.0. The minimum Gasteiger partial charge on any atom is -0.465 e. The minimum absolute atomic E-state index is 0.0193. The number of hydrogen-bond donors (Lipinski definition) is 2. The molecule has 0 saturated carbocycles. The van der Waals surface area contributed by atoms with E-state index in [2.05, 4.69) is 10.6 Å². The molecule has 0 radical (unpaired) electrons. The second kappa shape index (κ2) is 10.4. The number of methoxy groups -OCH3 is 1. The lowest BCUT2D eigenvalue weighted by molar-refractivity contribution is -0.394. The number of ether oxygens (including phenoxy) is 1. The van der Waals surface area contributed by atoms with Crippen molar-refractivity contribution < 1.29 is 29.0 Å². The third kappa shape index (κ3) is 5.43. The number of benzene rings is 1. The summed E-state index contributed by atoms with van der Waals surface area (Å²) in [5.41, 5.74) is -1.41. The number of non-ortho nitro benzene ring substituents is 2. The van der Waals surface area contributed by atoms with Crippen LogP contribution >= 0.6 is 11.3 Å². The fourth-order valence-corrected chi connectivity index (χ4v) is 3.84. The molecule has 170 valence electrons. The van der Waals surface area contributed by atoms with E-state index in [9.17, 15) is 34.6 Å². The fraction of sp³-hybridized carbons (Fsp3) is 0.316. The molecular formula is C19H20N4O8S. The van der Waals surface area contributed by atoms with Gasteiger partial charge in [0, 0.05) is 18.7 Å². The summed E-state index contributed by atoms with van der Waals surface area (Å²) in [5.74, 6) is -2.16. The van der Waals surface area contributed by atoms with E-state index in [4.69, 9.17) is 4.74 Å². The third-order valence-electron chi connectivity index (χ3n) is 4.37. The highest BCUT2D eigenvalue weighted by Crippen LogP contribution is 2.34. The average Bonchev–Trinajstić information content (AvgIpc) is 3.08. The Labute approximate surface area is 185 Å². The van der Waals surface area contributed by atoms with Gasteiger partial charge in [0.05, 0.1) is 39.0 Å². The summed E-state index contributed by atoms with van der Waals surface area (Å²) >= 11 is 0.827. The van der Waals surface area contributed by atoms with Crippen LogP contribution in [0.1, 0.15) is 55.7 Å². The summed E-state index contributed by atoms with van der Waals surface area (Å²) in [4.78, 5) is 58.1. The van der Waals surface area contributed by atoms with Gasteiger partial charge in [-0.2, -0.15) is 0 Å². The molecule has 2 N–H and O–H groups in total. The predicted molar refractivity (Wildman–Crippen MR) is 115 cm³/mol. The Morgan fingerprint density at radius 3 is 2.16 bits per heavy atom. The van der Waals surface area contributed by atoms with Crippen molar-refractivity contribution in [3.8, 4) is 0 Å². The third-order valence-corrected chi connectivity index (χ3v) is 5.58. The molecule has 1 aromatic carbocycles. The van der Waals surface area contributed by atoms with Crippen molar-refractivity contribution in [2.45, 2.75) is 26.7 Å². The first-order valence-electron chi connectivity index (χ1n) is 9.35. The molecule has 12 nitrogen and oxygen atoms in total. The van der Waals surface area contributed by atoms with Gasteiger partial charge in [-0.25, -0.2) is 4.79 Å². The molecular weight excluding hydrogens is 444 g/mol. The normalized spacial score (nSPS) is 10.3. The lowest BCUT2D eigenvalue weighted by atomic mass is 10.1. The first-order valence-corrected chi connectivity index (χ1v) is 10.2. The number of nitrogens with one attached hydrogen (secondary N) is 2. The molecule has 0 saturated heterocycles. The number of amides is 2. The van der Waals surface area contributed by atoms with Crippen molar-refractivity contribution >= 4 is 45.5 Å². The Morgan fingerprint density at radius 1 is 1.06 bits per heavy atom. The van der Waals surface area contributed by atoms with Crippen molar-refractivity contribution in [3.05, 3.63) is 60.0 Å². The number of unbranched alkanes of at least 4 members (excludes halogenated alkanes) is 1. The van der Waals surface area contributed by atoms with Crippen LogP contribution in [0.3, 0.4) is 0 Å². The van der Waals surface area contributed by atoms with Crippen LogP contribution in [-0.4, -0.2) is 41.3 Å². The summed E-state index contributed by atoms with van der Waals surface area (Å²) in [6.45, 7) is 3.91. The highest BCUT2D eigenvalue weighted by Gasteiger charge is 2.27.